The highest BCUT2D eigenvalue weighted by Crippen LogP contribution is 2.30. The second-order valence-corrected chi connectivity index (χ2v) is 7.72. The van der Waals surface area contributed by atoms with Crippen molar-refractivity contribution in [3.63, 3.8) is 0 Å². The number of aliphatic carboxylic acids is 1. The van der Waals surface area contributed by atoms with Crippen LogP contribution in [0.4, 0.5) is 4.79 Å². The number of likely N-dealkylation sites (tertiary alicyclic amines) is 1. The average molecular weight is 383 g/mol. The monoisotopic (exact) mass is 382 g/mol. The van der Waals surface area contributed by atoms with Gasteiger partial charge in [-0.2, -0.15) is 0 Å². The van der Waals surface area contributed by atoms with Gasteiger partial charge in [0.15, 0.2) is 0 Å². The molecule has 1 aliphatic heterocycles. The van der Waals surface area contributed by atoms with E-state index in [4.69, 9.17) is 4.74 Å². The van der Waals surface area contributed by atoms with Crippen LogP contribution in [0, 0.1) is 5.92 Å². The molecule has 6 heteroatoms. The number of amides is 1. The molecule has 0 bridgehead atoms. The topological polar surface area (TPSA) is 69.7 Å². The van der Waals surface area contributed by atoms with Gasteiger partial charge < -0.3 is 14.6 Å². The highest BCUT2D eigenvalue weighted by Gasteiger charge is 2.38. The van der Waals surface area contributed by atoms with Gasteiger partial charge in [0.1, 0.15) is 5.60 Å². The van der Waals surface area contributed by atoms with Gasteiger partial charge >= 0.3 is 6.09 Å². The normalized spacial score (nSPS) is 21.3. The van der Waals surface area contributed by atoms with Gasteiger partial charge in [-0.15, -0.1) is 0 Å². The third kappa shape index (κ3) is 4.70. The molecule has 0 aromatic heterocycles. The fourth-order valence-electron chi connectivity index (χ4n) is 2.79. The molecule has 0 saturated carbocycles. The molecule has 1 aliphatic rings. The number of hydrogen-bond donors (Lipinski definition) is 0. The van der Waals surface area contributed by atoms with Crippen molar-refractivity contribution in [3.8, 4) is 0 Å². The summed E-state index contributed by atoms with van der Waals surface area (Å²) in [7, 11) is 0. The van der Waals surface area contributed by atoms with Crippen LogP contribution in [0.2, 0.25) is 0 Å². The number of carbonyl (C=O) groups is 2. The van der Waals surface area contributed by atoms with Gasteiger partial charge in [-0.05, 0) is 51.2 Å². The maximum Gasteiger partial charge on any atom is 0.410 e. The second-order valence-electron chi connectivity index (χ2n) is 6.86. The SMILES string of the molecule is CC(C)(C)OC(=O)N1C[C@H](Cc2ccccc2Br)C[C@H]1C(=O)[O-]. The molecule has 23 heavy (non-hydrogen) atoms. The minimum Gasteiger partial charge on any atom is -0.548 e. The fraction of sp³-hybridized carbons (Fsp3) is 0.529. The van der Waals surface area contributed by atoms with Crippen LogP contribution in [0.5, 0.6) is 0 Å². The molecule has 0 N–H and O–H groups in total. The zero-order valence-electron chi connectivity index (χ0n) is 13.5. The summed E-state index contributed by atoms with van der Waals surface area (Å²) < 4.78 is 6.30. The Kier molecular flexibility index (Phi) is 5.34. The summed E-state index contributed by atoms with van der Waals surface area (Å²) in [5.41, 5.74) is 0.439. The number of halogens is 1. The molecule has 126 valence electrons. The number of carboxylic acids is 1. The predicted octanol–water partition coefficient (Wildman–Crippen LogP) is 2.37. The van der Waals surface area contributed by atoms with Gasteiger partial charge in [0.2, 0.25) is 0 Å². The molecule has 1 amide bonds. The molecule has 1 aromatic carbocycles. The van der Waals surface area contributed by atoms with E-state index in [1.54, 1.807) is 20.8 Å². The molecule has 2 atom stereocenters. The summed E-state index contributed by atoms with van der Waals surface area (Å²) in [6, 6.07) is 6.88. The summed E-state index contributed by atoms with van der Waals surface area (Å²) in [5.74, 6) is -1.17. The van der Waals surface area contributed by atoms with Crippen molar-refractivity contribution < 1.29 is 19.4 Å². The molecular formula is C17H21BrNO4-. The molecule has 0 aliphatic carbocycles. The maximum atomic E-state index is 12.2. The Balaban J connectivity index is 2.10. The van der Waals surface area contributed by atoms with Crippen LogP contribution < -0.4 is 5.11 Å². The number of carbonyl (C=O) groups excluding carboxylic acids is 2. The molecule has 1 heterocycles. The average Bonchev–Trinajstić information content (AvgIpc) is 2.84. The Morgan fingerprint density at radius 1 is 1.35 bits per heavy atom. The number of benzene rings is 1. The van der Waals surface area contributed by atoms with Crippen LogP contribution in [0.25, 0.3) is 0 Å². The zero-order valence-corrected chi connectivity index (χ0v) is 15.1. The maximum absolute atomic E-state index is 12.2. The minimum absolute atomic E-state index is 0.0594. The lowest BCUT2D eigenvalue weighted by molar-refractivity contribution is -0.310. The number of rotatable bonds is 3. The Bertz CT molecular complexity index is 597. The molecule has 2 rings (SSSR count). The summed E-state index contributed by atoms with van der Waals surface area (Å²) in [4.78, 5) is 24.9. The largest absolute Gasteiger partial charge is 0.548 e. The zero-order chi connectivity index (χ0) is 17.2. The molecular weight excluding hydrogens is 362 g/mol. The highest BCUT2D eigenvalue weighted by molar-refractivity contribution is 9.10. The third-order valence-corrected chi connectivity index (χ3v) is 4.53. The first-order valence-corrected chi connectivity index (χ1v) is 8.40. The van der Waals surface area contributed by atoms with E-state index < -0.39 is 23.7 Å². The third-order valence-electron chi connectivity index (χ3n) is 3.75. The van der Waals surface area contributed by atoms with Crippen molar-refractivity contribution in [2.24, 2.45) is 5.92 Å². The first kappa shape index (κ1) is 17.8. The Labute approximate surface area is 144 Å². The standard InChI is InChI=1S/C17H22BrNO4/c1-17(2,3)23-16(22)19-10-11(9-14(19)15(20)21)8-12-6-4-5-7-13(12)18/h4-7,11,14H,8-10H2,1-3H3,(H,20,21)/p-1/t11-,14+/m1/s1. The van der Waals surface area contributed by atoms with Gasteiger partial charge in [0.05, 0.1) is 12.0 Å². The number of ether oxygens (including phenoxy) is 1. The van der Waals surface area contributed by atoms with Gasteiger partial charge in [-0.3, -0.25) is 4.90 Å². The molecule has 0 radical (unpaired) electrons. The molecule has 5 nitrogen and oxygen atoms in total. The van der Waals surface area contributed by atoms with Crippen LogP contribution >= 0.6 is 15.9 Å². The Morgan fingerprint density at radius 2 is 2.00 bits per heavy atom. The van der Waals surface area contributed by atoms with E-state index in [0.29, 0.717) is 19.4 Å². The van der Waals surface area contributed by atoms with Crippen LogP contribution in [0.1, 0.15) is 32.8 Å². The first-order chi connectivity index (χ1) is 10.7. The first-order valence-electron chi connectivity index (χ1n) is 7.61. The van der Waals surface area contributed by atoms with Crippen molar-refractivity contribution in [3.05, 3.63) is 34.3 Å². The van der Waals surface area contributed by atoms with Crippen molar-refractivity contribution in [2.45, 2.75) is 45.3 Å². The van der Waals surface area contributed by atoms with Gasteiger partial charge in [0, 0.05) is 11.0 Å². The number of hydrogen-bond acceptors (Lipinski definition) is 4. The van der Waals surface area contributed by atoms with Crippen molar-refractivity contribution in [2.75, 3.05) is 6.54 Å². The second kappa shape index (κ2) is 6.91. The molecule has 1 fully saturated rings. The van der Waals surface area contributed by atoms with E-state index in [1.807, 2.05) is 24.3 Å². The van der Waals surface area contributed by atoms with E-state index in [-0.39, 0.29) is 5.92 Å². The molecule has 1 saturated heterocycles. The Hall–Kier alpha value is -1.56. The van der Waals surface area contributed by atoms with E-state index in [0.717, 1.165) is 10.0 Å². The van der Waals surface area contributed by atoms with E-state index in [1.165, 1.54) is 4.90 Å². The quantitative estimate of drug-likeness (QED) is 0.804. The Morgan fingerprint density at radius 3 is 2.57 bits per heavy atom. The summed E-state index contributed by atoms with van der Waals surface area (Å²) in [6.07, 6.45) is 0.481. The molecule has 0 spiro atoms. The number of carboxylic acid groups (broad SMARTS) is 1. The van der Waals surface area contributed by atoms with Crippen molar-refractivity contribution >= 4 is 28.0 Å². The van der Waals surface area contributed by atoms with Crippen LogP contribution in [0.3, 0.4) is 0 Å². The summed E-state index contributed by atoms with van der Waals surface area (Å²) in [5, 5.41) is 11.4. The molecule has 0 unspecified atom stereocenters. The van der Waals surface area contributed by atoms with Gasteiger partial charge in [-0.25, -0.2) is 4.79 Å². The summed E-state index contributed by atoms with van der Waals surface area (Å²) in [6.45, 7) is 5.63. The fourth-order valence-corrected chi connectivity index (χ4v) is 3.24. The van der Waals surface area contributed by atoms with E-state index in [2.05, 4.69) is 15.9 Å². The van der Waals surface area contributed by atoms with Crippen LogP contribution in [-0.2, 0) is 16.0 Å². The minimum atomic E-state index is -1.23. The smallest absolute Gasteiger partial charge is 0.410 e. The van der Waals surface area contributed by atoms with Crippen LogP contribution in [-0.4, -0.2) is 35.2 Å². The van der Waals surface area contributed by atoms with Gasteiger partial charge in [-0.1, -0.05) is 34.1 Å². The predicted molar refractivity (Wildman–Crippen MR) is 87.7 cm³/mol. The lowest BCUT2D eigenvalue weighted by Gasteiger charge is -2.28. The van der Waals surface area contributed by atoms with Crippen molar-refractivity contribution in [1.29, 1.82) is 0 Å². The van der Waals surface area contributed by atoms with Crippen LogP contribution in [0.15, 0.2) is 28.7 Å². The van der Waals surface area contributed by atoms with Gasteiger partial charge in [0.25, 0.3) is 0 Å². The van der Waals surface area contributed by atoms with Crippen molar-refractivity contribution in [1.82, 2.24) is 4.90 Å². The number of nitrogens with zero attached hydrogens (tertiary/aromatic N) is 1. The van der Waals surface area contributed by atoms with E-state index >= 15 is 0 Å². The molecule has 1 aromatic rings. The summed E-state index contributed by atoms with van der Waals surface area (Å²) >= 11 is 3.50. The lowest BCUT2D eigenvalue weighted by atomic mass is 9.97. The van der Waals surface area contributed by atoms with E-state index in [9.17, 15) is 14.7 Å². The highest BCUT2D eigenvalue weighted by atomic mass is 79.9. The lowest BCUT2D eigenvalue weighted by Crippen LogP contribution is -2.48.